The topological polar surface area (TPSA) is 23.5 Å². The second-order valence-electron chi connectivity index (χ2n) is 5.82. The van der Waals surface area contributed by atoms with Gasteiger partial charge in [-0.3, -0.25) is 0 Å². The van der Waals surface area contributed by atoms with Gasteiger partial charge in [0.15, 0.2) is 0 Å². The molecule has 98 valence electrons. The number of para-hydroxylation sites is 1. The molecule has 1 fully saturated rings. The molecule has 2 heteroatoms. The van der Waals surface area contributed by atoms with Crippen molar-refractivity contribution in [2.24, 2.45) is 0 Å². The highest BCUT2D eigenvalue weighted by Crippen LogP contribution is 2.39. The van der Waals surface area contributed by atoms with Crippen LogP contribution in [0.15, 0.2) is 18.2 Å². The number of anilines is 1. The minimum absolute atomic E-state index is 0.245. The van der Waals surface area contributed by atoms with Gasteiger partial charge in [-0.1, -0.05) is 38.0 Å². The fraction of sp³-hybridized carbons (Fsp3) is 0.625. The highest BCUT2D eigenvalue weighted by molar-refractivity contribution is 5.65. The normalized spacial score (nSPS) is 21.3. The third kappa shape index (κ3) is 1.93. The number of hydrogen-bond acceptors (Lipinski definition) is 2. The molecule has 18 heavy (non-hydrogen) atoms. The number of benzene rings is 1. The zero-order chi connectivity index (χ0) is 12.5. The van der Waals surface area contributed by atoms with E-state index in [9.17, 15) is 5.11 Å². The summed E-state index contributed by atoms with van der Waals surface area (Å²) in [5.74, 6) is 0.252. The van der Waals surface area contributed by atoms with Crippen molar-refractivity contribution < 1.29 is 5.11 Å². The van der Waals surface area contributed by atoms with Crippen LogP contribution in [0.25, 0.3) is 0 Å². The third-order valence-corrected chi connectivity index (χ3v) is 4.63. The summed E-state index contributed by atoms with van der Waals surface area (Å²) in [6.45, 7) is 3.55. The highest BCUT2D eigenvalue weighted by atomic mass is 16.3. The van der Waals surface area contributed by atoms with E-state index < -0.39 is 0 Å². The van der Waals surface area contributed by atoms with Crippen molar-refractivity contribution in [1.29, 1.82) is 0 Å². The van der Waals surface area contributed by atoms with Gasteiger partial charge in [0.2, 0.25) is 0 Å². The summed E-state index contributed by atoms with van der Waals surface area (Å²) < 4.78 is 0. The monoisotopic (exact) mass is 245 g/mol. The maximum atomic E-state index is 9.45. The summed E-state index contributed by atoms with van der Waals surface area (Å²) >= 11 is 0. The van der Waals surface area contributed by atoms with Gasteiger partial charge in [-0.25, -0.2) is 0 Å². The second kappa shape index (κ2) is 4.93. The summed E-state index contributed by atoms with van der Waals surface area (Å²) in [7, 11) is 0. The van der Waals surface area contributed by atoms with Crippen LogP contribution in [0.3, 0.4) is 0 Å². The zero-order valence-electron chi connectivity index (χ0n) is 11.2. The molecule has 1 saturated carbocycles. The first kappa shape index (κ1) is 12.0. The van der Waals surface area contributed by atoms with E-state index in [-0.39, 0.29) is 12.5 Å². The average Bonchev–Trinajstić information content (AvgIpc) is 3.05. The smallest absolute Gasteiger partial charge is 0.0497 e. The van der Waals surface area contributed by atoms with Crippen molar-refractivity contribution in [1.82, 2.24) is 0 Å². The SMILES string of the molecule is CC(CO)c1cccc2c1N(C1CCCC1)CC2. The number of nitrogens with zero attached hydrogens (tertiary/aromatic N) is 1. The van der Waals surface area contributed by atoms with Crippen LogP contribution in [0, 0.1) is 0 Å². The Balaban J connectivity index is 1.97. The van der Waals surface area contributed by atoms with Gasteiger partial charge in [0, 0.05) is 30.8 Å². The van der Waals surface area contributed by atoms with E-state index in [0.717, 1.165) is 6.04 Å². The Labute approximate surface area is 110 Å². The first-order chi connectivity index (χ1) is 8.81. The number of aliphatic hydroxyl groups is 1. The van der Waals surface area contributed by atoms with Crippen LogP contribution in [0.1, 0.15) is 49.7 Å². The summed E-state index contributed by atoms with van der Waals surface area (Å²) in [6, 6.07) is 7.36. The molecule has 1 heterocycles. The Morgan fingerprint density at radius 1 is 1.33 bits per heavy atom. The Bertz CT molecular complexity index is 423. The standard InChI is InChI=1S/C16H23NO/c1-12(11-18)15-8-4-5-13-9-10-17(16(13)15)14-6-2-3-7-14/h4-5,8,12,14,18H,2-3,6-7,9-11H2,1H3. The lowest BCUT2D eigenvalue weighted by molar-refractivity contribution is 0.273. The molecular formula is C16H23NO. The molecule has 0 aromatic heterocycles. The Hall–Kier alpha value is -1.02. The average molecular weight is 245 g/mol. The molecule has 1 aromatic rings. The molecule has 0 amide bonds. The van der Waals surface area contributed by atoms with Crippen LogP contribution in [0.5, 0.6) is 0 Å². The lowest BCUT2D eigenvalue weighted by Crippen LogP contribution is -2.32. The molecule has 1 aliphatic carbocycles. The summed E-state index contributed by atoms with van der Waals surface area (Å²) in [6.07, 6.45) is 6.64. The van der Waals surface area contributed by atoms with Gasteiger partial charge < -0.3 is 10.0 Å². The Kier molecular flexibility index (Phi) is 3.29. The van der Waals surface area contributed by atoms with Crippen molar-refractivity contribution in [2.75, 3.05) is 18.1 Å². The van der Waals surface area contributed by atoms with Crippen LogP contribution in [-0.4, -0.2) is 24.3 Å². The molecule has 0 saturated heterocycles. The van der Waals surface area contributed by atoms with Crippen LogP contribution < -0.4 is 4.90 Å². The predicted molar refractivity (Wildman–Crippen MR) is 75.2 cm³/mol. The van der Waals surface area contributed by atoms with Crippen LogP contribution in [0.2, 0.25) is 0 Å². The summed E-state index contributed by atoms with van der Waals surface area (Å²) in [5, 5.41) is 9.45. The van der Waals surface area contributed by atoms with Gasteiger partial charge in [-0.05, 0) is 30.4 Å². The maximum Gasteiger partial charge on any atom is 0.0497 e. The van der Waals surface area contributed by atoms with Crippen molar-refractivity contribution in [3.63, 3.8) is 0 Å². The first-order valence-electron chi connectivity index (χ1n) is 7.30. The fourth-order valence-corrected chi connectivity index (χ4v) is 3.59. The molecule has 2 nitrogen and oxygen atoms in total. The van der Waals surface area contributed by atoms with E-state index in [1.807, 2.05) is 0 Å². The van der Waals surface area contributed by atoms with Gasteiger partial charge in [-0.15, -0.1) is 0 Å². The minimum atomic E-state index is 0.245. The molecule has 2 aliphatic rings. The Morgan fingerprint density at radius 3 is 2.83 bits per heavy atom. The third-order valence-electron chi connectivity index (χ3n) is 4.63. The van der Waals surface area contributed by atoms with Crippen molar-refractivity contribution in [3.05, 3.63) is 29.3 Å². The molecular weight excluding hydrogens is 222 g/mol. The van der Waals surface area contributed by atoms with Crippen molar-refractivity contribution in [2.45, 2.75) is 51.0 Å². The number of rotatable bonds is 3. The highest BCUT2D eigenvalue weighted by Gasteiger charge is 2.30. The van der Waals surface area contributed by atoms with Gasteiger partial charge in [0.05, 0.1) is 0 Å². The number of hydrogen-bond donors (Lipinski definition) is 1. The quantitative estimate of drug-likeness (QED) is 0.884. The lowest BCUT2D eigenvalue weighted by atomic mass is 9.96. The van der Waals surface area contributed by atoms with E-state index in [4.69, 9.17) is 0 Å². The Morgan fingerprint density at radius 2 is 2.11 bits per heavy atom. The second-order valence-corrected chi connectivity index (χ2v) is 5.82. The zero-order valence-corrected chi connectivity index (χ0v) is 11.2. The molecule has 1 aliphatic heterocycles. The van der Waals surface area contributed by atoms with Gasteiger partial charge in [-0.2, -0.15) is 0 Å². The summed E-state index contributed by atoms with van der Waals surface area (Å²) in [5.41, 5.74) is 4.28. The molecule has 0 bridgehead atoms. The van der Waals surface area contributed by atoms with Gasteiger partial charge >= 0.3 is 0 Å². The van der Waals surface area contributed by atoms with Crippen LogP contribution >= 0.6 is 0 Å². The number of fused-ring (bicyclic) bond motifs is 1. The first-order valence-corrected chi connectivity index (χ1v) is 7.30. The fourth-order valence-electron chi connectivity index (χ4n) is 3.59. The van der Waals surface area contributed by atoms with Crippen molar-refractivity contribution in [3.8, 4) is 0 Å². The van der Waals surface area contributed by atoms with E-state index in [0.29, 0.717) is 0 Å². The molecule has 0 spiro atoms. The molecule has 0 radical (unpaired) electrons. The number of aliphatic hydroxyl groups excluding tert-OH is 1. The van der Waals surface area contributed by atoms with Crippen molar-refractivity contribution >= 4 is 5.69 Å². The lowest BCUT2D eigenvalue weighted by Gasteiger charge is -2.30. The molecule has 3 rings (SSSR count). The van der Waals surface area contributed by atoms with Crippen LogP contribution in [-0.2, 0) is 6.42 Å². The van der Waals surface area contributed by atoms with E-state index >= 15 is 0 Å². The molecule has 1 atom stereocenters. The van der Waals surface area contributed by atoms with E-state index in [1.165, 1.54) is 55.5 Å². The maximum absolute atomic E-state index is 9.45. The molecule has 1 N–H and O–H groups in total. The molecule has 1 aromatic carbocycles. The van der Waals surface area contributed by atoms with Gasteiger partial charge in [0.1, 0.15) is 0 Å². The predicted octanol–water partition coefficient (Wildman–Crippen LogP) is 3.09. The van der Waals surface area contributed by atoms with E-state index in [1.54, 1.807) is 0 Å². The van der Waals surface area contributed by atoms with Gasteiger partial charge in [0.25, 0.3) is 0 Å². The largest absolute Gasteiger partial charge is 0.396 e. The van der Waals surface area contributed by atoms with Crippen LogP contribution in [0.4, 0.5) is 5.69 Å². The molecule has 1 unspecified atom stereocenters. The van der Waals surface area contributed by atoms with E-state index in [2.05, 4.69) is 30.0 Å². The minimum Gasteiger partial charge on any atom is -0.396 e. The summed E-state index contributed by atoms with van der Waals surface area (Å²) in [4.78, 5) is 2.63.